The van der Waals surface area contributed by atoms with Crippen LogP contribution in [-0.4, -0.2) is 28.1 Å². The molecule has 4 nitrogen and oxygen atoms in total. The predicted molar refractivity (Wildman–Crippen MR) is 87.2 cm³/mol. The SMILES string of the molecule is Cl.O=S(=O)(NCC1=CCNCC1)c1cc(C(F)(F)F)ccc1Br. The summed E-state index contributed by atoms with van der Waals surface area (Å²) in [6, 6.07) is 2.54. The fourth-order valence-corrected chi connectivity index (χ4v) is 4.00. The van der Waals surface area contributed by atoms with E-state index in [2.05, 4.69) is 26.0 Å². The van der Waals surface area contributed by atoms with Crippen LogP contribution >= 0.6 is 28.3 Å². The Balaban J connectivity index is 0.00000264. The summed E-state index contributed by atoms with van der Waals surface area (Å²) in [6.07, 6.45) is -2.03. The Hall–Kier alpha value is -0.610. The van der Waals surface area contributed by atoms with Crippen LogP contribution < -0.4 is 10.0 Å². The van der Waals surface area contributed by atoms with Crippen LogP contribution in [0, 0.1) is 0 Å². The number of sulfonamides is 1. The second kappa shape index (κ2) is 7.98. The van der Waals surface area contributed by atoms with Crippen molar-refractivity contribution < 1.29 is 21.6 Å². The summed E-state index contributed by atoms with van der Waals surface area (Å²) in [5.41, 5.74) is -0.0948. The van der Waals surface area contributed by atoms with Gasteiger partial charge in [0, 0.05) is 17.6 Å². The molecule has 130 valence electrons. The summed E-state index contributed by atoms with van der Waals surface area (Å²) in [5.74, 6) is 0. The molecule has 23 heavy (non-hydrogen) atoms. The van der Waals surface area contributed by atoms with Gasteiger partial charge in [-0.2, -0.15) is 13.2 Å². The standard InChI is InChI=1S/C13H14BrF3N2O2S.ClH/c14-11-2-1-10(13(15,16)17)7-12(11)22(20,21)19-8-9-3-5-18-6-4-9;/h1-3,7,18-19H,4-6,8H2;1H. The summed E-state index contributed by atoms with van der Waals surface area (Å²) < 4.78 is 65.0. The van der Waals surface area contributed by atoms with Crippen molar-refractivity contribution in [3.05, 3.63) is 39.9 Å². The summed E-state index contributed by atoms with van der Waals surface area (Å²) in [7, 11) is -4.03. The first-order chi connectivity index (χ1) is 10.2. The molecular weight excluding hydrogens is 421 g/mol. The van der Waals surface area contributed by atoms with Gasteiger partial charge in [-0.15, -0.1) is 12.4 Å². The number of hydrogen-bond acceptors (Lipinski definition) is 3. The Morgan fingerprint density at radius 1 is 1.30 bits per heavy atom. The van der Waals surface area contributed by atoms with Crippen LogP contribution in [-0.2, 0) is 16.2 Å². The Bertz CT molecular complexity index is 693. The van der Waals surface area contributed by atoms with E-state index in [0.29, 0.717) is 19.0 Å². The van der Waals surface area contributed by atoms with E-state index in [1.54, 1.807) is 0 Å². The largest absolute Gasteiger partial charge is 0.416 e. The average Bonchev–Trinajstić information content (AvgIpc) is 2.45. The van der Waals surface area contributed by atoms with Crippen molar-refractivity contribution in [3.63, 3.8) is 0 Å². The molecule has 0 unspecified atom stereocenters. The van der Waals surface area contributed by atoms with Crippen molar-refractivity contribution in [2.75, 3.05) is 19.6 Å². The highest BCUT2D eigenvalue weighted by Crippen LogP contribution is 2.33. The second-order valence-electron chi connectivity index (χ2n) is 4.78. The third-order valence-corrected chi connectivity index (χ3v) is 5.59. The summed E-state index contributed by atoms with van der Waals surface area (Å²) in [5, 5.41) is 3.09. The molecule has 1 aliphatic heterocycles. The maximum absolute atomic E-state index is 12.7. The zero-order chi connectivity index (χ0) is 16.4. The minimum absolute atomic E-state index is 0. The lowest BCUT2D eigenvalue weighted by Gasteiger charge is -2.16. The van der Waals surface area contributed by atoms with Gasteiger partial charge in [0.2, 0.25) is 10.0 Å². The molecule has 10 heteroatoms. The molecule has 0 aromatic heterocycles. The highest BCUT2D eigenvalue weighted by molar-refractivity contribution is 9.10. The van der Waals surface area contributed by atoms with E-state index in [4.69, 9.17) is 0 Å². The van der Waals surface area contributed by atoms with Gasteiger partial charge in [-0.25, -0.2) is 13.1 Å². The van der Waals surface area contributed by atoms with Gasteiger partial charge in [-0.05, 0) is 47.1 Å². The lowest BCUT2D eigenvalue weighted by molar-refractivity contribution is -0.137. The van der Waals surface area contributed by atoms with Crippen LogP contribution in [0.1, 0.15) is 12.0 Å². The number of hydrogen-bond donors (Lipinski definition) is 2. The van der Waals surface area contributed by atoms with Crippen LogP contribution in [0.4, 0.5) is 13.2 Å². The van der Waals surface area contributed by atoms with Crippen molar-refractivity contribution in [3.8, 4) is 0 Å². The predicted octanol–water partition coefficient (Wildman–Crippen LogP) is 3.09. The summed E-state index contributed by atoms with van der Waals surface area (Å²) in [4.78, 5) is -0.420. The van der Waals surface area contributed by atoms with Crippen molar-refractivity contribution >= 4 is 38.4 Å². The molecule has 1 aliphatic rings. The van der Waals surface area contributed by atoms with Gasteiger partial charge in [-0.1, -0.05) is 11.6 Å². The third kappa shape index (κ3) is 5.46. The number of halogens is 5. The molecular formula is C13H15BrClF3N2O2S. The Labute approximate surface area is 147 Å². The first-order valence-corrected chi connectivity index (χ1v) is 8.73. The Morgan fingerprint density at radius 3 is 2.57 bits per heavy atom. The van der Waals surface area contributed by atoms with Gasteiger partial charge in [0.25, 0.3) is 0 Å². The minimum Gasteiger partial charge on any atom is -0.313 e. The second-order valence-corrected chi connectivity index (χ2v) is 7.37. The molecule has 0 atom stereocenters. The van der Waals surface area contributed by atoms with Gasteiger partial charge in [0.05, 0.1) is 10.5 Å². The van der Waals surface area contributed by atoms with Crippen molar-refractivity contribution in [2.24, 2.45) is 0 Å². The maximum atomic E-state index is 12.7. The lowest BCUT2D eigenvalue weighted by Crippen LogP contribution is -2.30. The van der Waals surface area contributed by atoms with Crippen molar-refractivity contribution in [2.45, 2.75) is 17.5 Å². The molecule has 0 saturated carbocycles. The van der Waals surface area contributed by atoms with E-state index in [9.17, 15) is 21.6 Å². The van der Waals surface area contributed by atoms with Crippen LogP contribution in [0.5, 0.6) is 0 Å². The van der Waals surface area contributed by atoms with Gasteiger partial charge < -0.3 is 5.32 Å². The van der Waals surface area contributed by atoms with Crippen LogP contribution in [0.3, 0.4) is 0 Å². The molecule has 1 aromatic carbocycles. The van der Waals surface area contributed by atoms with E-state index in [1.165, 1.54) is 0 Å². The lowest BCUT2D eigenvalue weighted by atomic mass is 10.1. The number of rotatable bonds is 4. The van der Waals surface area contributed by atoms with Crippen LogP contribution in [0.2, 0.25) is 0 Å². The molecule has 0 saturated heterocycles. The highest BCUT2D eigenvalue weighted by atomic mass is 79.9. The molecule has 1 aromatic rings. The minimum atomic E-state index is -4.59. The molecule has 1 heterocycles. The fraction of sp³-hybridized carbons (Fsp3) is 0.385. The van der Waals surface area contributed by atoms with Crippen LogP contribution in [0.25, 0.3) is 0 Å². The fourth-order valence-electron chi connectivity index (χ4n) is 1.98. The Morgan fingerprint density at radius 2 is 2.00 bits per heavy atom. The molecule has 0 bridgehead atoms. The van der Waals surface area contributed by atoms with E-state index >= 15 is 0 Å². The van der Waals surface area contributed by atoms with Gasteiger partial charge in [0.1, 0.15) is 0 Å². The monoisotopic (exact) mass is 434 g/mol. The molecule has 2 rings (SSSR count). The first-order valence-electron chi connectivity index (χ1n) is 6.45. The molecule has 2 N–H and O–H groups in total. The molecule has 0 amide bonds. The van der Waals surface area contributed by atoms with Gasteiger partial charge >= 0.3 is 6.18 Å². The molecule has 0 fully saturated rings. The zero-order valence-corrected chi connectivity index (χ0v) is 15.0. The van der Waals surface area contributed by atoms with Gasteiger partial charge in [-0.3, -0.25) is 0 Å². The molecule has 0 aliphatic carbocycles. The topological polar surface area (TPSA) is 58.2 Å². The number of alkyl halides is 3. The normalized spacial score (nSPS) is 15.7. The number of benzene rings is 1. The maximum Gasteiger partial charge on any atom is 0.416 e. The van der Waals surface area contributed by atoms with E-state index in [-0.39, 0.29) is 23.4 Å². The zero-order valence-electron chi connectivity index (χ0n) is 11.8. The molecule has 0 radical (unpaired) electrons. The summed E-state index contributed by atoms with van der Waals surface area (Å²) >= 11 is 2.99. The van der Waals surface area contributed by atoms with Crippen molar-refractivity contribution in [1.82, 2.24) is 10.0 Å². The van der Waals surface area contributed by atoms with Crippen LogP contribution in [0.15, 0.2) is 39.2 Å². The number of nitrogens with one attached hydrogen (secondary N) is 2. The quantitative estimate of drug-likeness (QED) is 0.715. The van der Waals surface area contributed by atoms with E-state index < -0.39 is 26.7 Å². The first kappa shape index (κ1) is 20.4. The van der Waals surface area contributed by atoms with Gasteiger partial charge in [0.15, 0.2) is 0 Å². The Kier molecular flexibility index (Phi) is 7.09. The van der Waals surface area contributed by atoms with E-state index in [1.807, 2.05) is 6.08 Å². The smallest absolute Gasteiger partial charge is 0.313 e. The third-order valence-electron chi connectivity index (χ3n) is 3.20. The average molecular weight is 436 g/mol. The van der Waals surface area contributed by atoms with E-state index in [0.717, 1.165) is 24.3 Å². The highest BCUT2D eigenvalue weighted by Gasteiger charge is 2.32. The summed E-state index contributed by atoms with van der Waals surface area (Å²) in [6.45, 7) is 1.50. The molecule has 0 spiro atoms. The van der Waals surface area contributed by atoms with Crippen molar-refractivity contribution in [1.29, 1.82) is 0 Å².